The number of rotatable bonds is 9. The summed E-state index contributed by atoms with van der Waals surface area (Å²) >= 11 is 0. The molecule has 0 unspecified atom stereocenters. The lowest BCUT2D eigenvalue weighted by Crippen LogP contribution is -2.29. The minimum Gasteiger partial charge on any atom is -0.434 e. The standard InChI is InChI=1S/C25H31N7O3/c1-6-9-26-24(33)19-8-7-17(10-16(19)2)21-13-27-23-20(28-15-25(3,4)34)11-22(30-32(21)23)35-18-12-29-31(5)14-18/h7-8,10-14,28,34H,6,9,15H2,1-5H3,(H,26,33). The highest BCUT2D eigenvalue weighted by Crippen LogP contribution is 2.30. The Bertz CT molecular complexity index is 1350. The van der Waals surface area contributed by atoms with E-state index in [0.717, 1.165) is 23.2 Å². The molecule has 10 heteroatoms. The zero-order valence-corrected chi connectivity index (χ0v) is 20.7. The first-order chi connectivity index (χ1) is 16.6. The van der Waals surface area contributed by atoms with Gasteiger partial charge in [-0.3, -0.25) is 9.48 Å². The van der Waals surface area contributed by atoms with Crippen LogP contribution in [0.2, 0.25) is 0 Å². The molecule has 0 radical (unpaired) electrons. The number of imidazole rings is 1. The predicted octanol–water partition coefficient (Wildman–Crippen LogP) is 3.55. The number of hydrogen-bond acceptors (Lipinski definition) is 7. The van der Waals surface area contributed by atoms with Crippen molar-refractivity contribution in [2.75, 3.05) is 18.4 Å². The van der Waals surface area contributed by atoms with Gasteiger partial charge in [-0.25, -0.2) is 9.50 Å². The molecule has 35 heavy (non-hydrogen) atoms. The van der Waals surface area contributed by atoms with Crippen LogP contribution in [0.25, 0.3) is 16.9 Å². The highest BCUT2D eigenvalue weighted by molar-refractivity contribution is 5.96. The third-order valence-electron chi connectivity index (χ3n) is 5.36. The number of nitrogens with one attached hydrogen (secondary N) is 2. The third-order valence-corrected chi connectivity index (χ3v) is 5.36. The molecule has 184 valence electrons. The lowest BCUT2D eigenvalue weighted by atomic mass is 10.0. The molecule has 0 atom stereocenters. The summed E-state index contributed by atoms with van der Waals surface area (Å²) in [5.74, 6) is 0.806. The molecule has 0 saturated carbocycles. The van der Waals surface area contributed by atoms with Crippen molar-refractivity contribution in [2.24, 2.45) is 7.05 Å². The fourth-order valence-corrected chi connectivity index (χ4v) is 3.62. The second-order valence-corrected chi connectivity index (χ2v) is 9.18. The molecule has 1 amide bonds. The first-order valence-electron chi connectivity index (χ1n) is 11.6. The van der Waals surface area contributed by atoms with E-state index in [-0.39, 0.29) is 5.91 Å². The van der Waals surface area contributed by atoms with Crippen LogP contribution in [0.3, 0.4) is 0 Å². The van der Waals surface area contributed by atoms with Crippen LogP contribution in [0.1, 0.15) is 43.1 Å². The number of anilines is 1. The first-order valence-corrected chi connectivity index (χ1v) is 11.6. The summed E-state index contributed by atoms with van der Waals surface area (Å²) in [5.41, 5.74) is 3.43. The highest BCUT2D eigenvalue weighted by atomic mass is 16.5. The monoisotopic (exact) mass is 477 g/mol. The summed E-state index contributed by atoms with van der Waals surface area (Å²) < 4.78 is 9.30. The van der Waals surface area contributed by atoms with Crippen LogP contribution < -0.4 is 15.4 Å². The van der Waals surface area contributed by atoms with Crippen LogP contribution in [-0.4, -0.2) is 54.1 Å². The van der Waals surface area contributed by atoms with Gasteiger partial charge in [-0.2, -0.15) is 5.10 Å². The van der Waals surface area contributed by atoms with Gasteiger partial charge in [-0.1, -0.05) is 13.0 Å². The quantitative estimate of drug-likeness (QED) is 0.337. The van der Waals surface area contributed by atoms with Gasteiger partial charge in [0.1, 0.15) is 0 Å². The molecule has 0 saturated heterocycles. The molecule has 4 aromatic rings. The highest BCUT2D eigenvalue weighted by Gasteiger charge is 2.18. The number of aliphatic hydroxyl groups is 1. The molecule has 3 aromatic heterocycles. The molecule has 0 aliphatic heterocycles. The van der Waals surface area contributed by atoms with Crippen LogP contribution in [0.5, 0.6) is 11.6 Å². The fourth-order valence-electron chi connectivity index (χ4n) is 3.62. The van der Waals surface area contributed by atoms with Crippen molar-refractivity contribution in [3.8, 4) is 22.9 Å². The third kappa shape index (κ3) is 5.60. The molecule has 0 fully saturated rings. The number of fused-ring (bicyclic) bond motifs is 1. The average molecular weight is 478 g/mol. The Kier molecular flexibility index (Phi) is 6.74. The number of aromatic nitrogens is 5. The Morgan fingerprint density at radius 1 is 1.23 bits per heavy atom. The van der Waals surface area contributed by atoms with Gasteiger partial charge in [0.15, 0.2) is 11.4 Å². The molecule has 0 aliphatic carbocycles. The van der Waals surface area contributed by atoms with Crippen molar-refractivity contribution in [1.82, 2.24) is 29.7 Å². The van der Waals surface area contributed by atoms with E-state index in [0.29, 0.717) is 41.6 Å². The molecule has 3 heterocycles. The van der Waals surface area contributed by atoms with Crippen molar-refractivity contribution < 1.29 is 14.6 Å². The van der Waals surface area contributed by atoms with Gasteiger partial charge in [-0.15, -0.1) is 5.10 Å². The van der Waals surface area contributed by atoms with Crippen LogP contribution in [-0.2, 0) is 7.05 Å². The maximum Gasteiger partial charge on any atom is 0.251 e. The fraction of sp³-hybridized carbons (Fsp3) is 0.360. The summed E-state index contributed by atoms with van der Waals surface area (Å²) in [7, 11) is 1.81. The van der Waals surface area contributed by atoms with Crippen molar-refractivity contribution >= 4 is 17.2 Å². The molecule has 1 aromatic carbocycles. The molecule has 0 spiro atoms. The number of carbonyl (C=O) groups excluding carboxylic acids is 1. The Labute approximate surface area is 203 Å². The predicted molar refractivity (Wildman–Crippen MR) is 134 cm³/mol. The summed E-state index contributed by atoms with van der Waals surface area (Å²) in [6.07, 6.45) is 5.97. The number of nitrogens with zero attached hydrogens (tertiary/aromatic N) is 5. The Morgan fingerprint density at radius 3 is 2.69 bits per heavy atom. The van der Waals surface area contributed by atoms with Crippen LogP contribution in [0, 0.1) is 6.92 Å². The van der Waals surface area contributed by atoms with Crippen LogP contribution in [0.15, 0.2) is 42.9 Å². The summed E-state index contributed by atoms with van der Waals surface area (Å²) in [6, 6.07) is 7.40. The van der Waals surface area contributed by atoms with Gasteiger partial charge < -0.3 is 20.5 Å². The number of hydrogen-bond donors (Lipinski definition) is 3. The van der Waals surface area contributed by atoms with E-state index >= 15 is 0 Å². The molecule has 10 nitrogen and oxygen atoms in total. The van der Waals surface area contributed by atoms with E-state index in [1.54, 1.807) is 47.7 Å². The van der Waals surface area contributed by atoms with Gasteiger partial charge >= 0.3 is 0 Å². The Balaban J connectivity index is 1.75. The summed E-state index contributed by atoms with van der Waals surface area (Å²) in [5, 5.41) is 25.2. The van der Waals surface area contributed by atoms with Gasteiger partial charge in [-0.05, 0) is 44.9 Å². The topological polar surface area (TPSA) is 119 Å². The Morgan fingerprint density at radius 2 is 2.03 bits per heavy atom. The number of aryl methyl sites for hydroxylation is 2. The van der Waals surface area contributed by atoms with Crippen LogP contribution in [0.4, 0.5) is 5.69 Å². The van der Waals surface area contributed by atoms with Crippen molar-refractivity contribution in [3.63, 3.8) is 0 Å². The first kappa shape index (κ1) is 24.2. The smallest absolute Gasteiger partial charge is 0.251 e. The lowest BCUT2D eigenvalue weighted by molar-refractivity contribution is 0.0941. The zero-order chi connectivity index (χ0) is 25.2. The van der Waals surface area contributed by atoms with E-state index in [2.05, 4.69) is 25.8 Å². The largest absolute Gasteiger partial charge is 0.434 e. The van der Waals surface area contributed by atoms with E-state index in [4.69, 9.17) is 4.74 Å². The molecular formula is C25H31N7O3. The number of ether oxygens (including phenoxy) is 1. The number of carbonyl (C=O) groups is 1. The second-order valence-electron chi connectivity index (χ2n) is 9.18. The van der Waals surface area contributed by atoms with E-state index in [1.165, 1.54) is 0 Å². The average Bonchev–Trinajstić information content (AvgIpc) is 3.41. The lowest BCUT2D eigenvalue weighted by Gasteiger charge is -2.19. The molecule has 0 aliphatic rings. The van der Waals surface area contributed by atoms with Crippen LogP contribution >= 0.6 is 0 Å². The molecule has 3 N–H and O–H groups in total. The molecular weight excluding hydrogens is 446 g/mol. The van der Waals surface area contributed by atoms with Crippen molar-refractivity contribution in [1.29, 1.82) is 0 Å². The van der Waals surface area contributed by atoms with Crippen molar-refractivity contribution in [2.45, 2.75) is 39.7 Å². The van der Waals surface area contributed by atoms with Gasteiger partial charge in [0.2, 0.25) is 5.88 Å². The van der Waals surface area contributed by atoms with E-state index < -0.39 is 5.60 Å². The maximum atomic E-state index is 12.5. The maximum absolute atomic E-state index is 12.5. The summed E-state index contributed by atoms with van der Waals surface area (Å²) in [4.78, 5) is 17.0. The van der Waals surface area contributed by atoms with E-state index in [9.17, 15) is 9.90 Å². The van der Waals surface area contributed by atoms with Gasteiger partial charge in [0, 0.05) is 37.3 Å². The zero-order valence-electron chi connectivity index (χ0n) is 20.7. The van der Waals surface area contributed by atoms with Gasteiger partial charge in [0.05, 0.1) is 35.6 Å². The SMILES string of the molecule is CCCNC(=O)c1ccc(-c2cnc3c(NCC(C)(C)O)cc(Oc4cnn(C)c4)nn23)cc1C. The number of amides is 1. The molecule has 4 rings (SSSR count). The van der Waals surface area contributed by atoms with Crippen molar-refractivity contribution in [3.05, 3.63) is 54.0 Å². The second kappa shape index (κ2) is 9.75. The minimum atomic E-state index is -0.925. The normalized spacial score (nSPS) is 11.6. The minimum absolute atomic E-state index is 0.0857. The van der Waals surface area contributed by atoms with Gasteiger partial charge in [0.25, 0.3) is 5.91 Å². The van der Waals surface area contributed by atoms with E-state index in [1.807, 2.05) is 39.1 Å². The number of benzene rings is 1. The molecule has 0 bridgehead atoms. The summed E-state index contributed by atoms with van der Waals surface area (Å²) in [6.45, 7) is 8.32. The Hall–Kier alpha value is -3.92.